The average molecular weight is 275 g/mol. The van der Waals surface area contributed by atoms with Gasteiger partial charge >= 0.3 is 0 Å². The van der Waals surface area contributed by atoms with E-state index < -0.39 is 0 Å². The first-order chi connectivity index (χ1) is 8.40. The SMILES string of the molecule is CCC(CC)(CNC(C)C)CN(C)C(C)CSC. The number of nitrogens with zero attached hydrogens (tertiary/aromatic N) is 1. The van der Waals surface area contributed by atoms with Crippen LogP contribution in [0.3, 0.4) is 0 Å². The summed E-state index contributed by atoms with van der Waals surface area (Å²) in [6.45, 7) is 13.8. The van der Waals surface area contributed by atoms with E-state index in [0.29, 0.717) is 17.5 Å². The van der Waals surface area contributed by atoms with Crippen LogP contribution in [0.2, 0.25) is 0 Å². The van der Waals surface area contributed by atoms with Crippen LogP contribution < -0.4 is 5.32 Å². The van der Waals surface area contributed by atoms with Crippen molar-refractivity contribution in [1.29, 1.82) is 0 Å². The van der Waals surface area contributed by atoms with Gasteiger partial charge in [0.25, 0.3) is 0 Å². The summed E-state index contributed by atoms with van der Waals surface area (Å²) in [5.74, 6) is 1.22. The molecule has 0 saturated heterocycles. The van der Waals surface area contributed by atoms with Crippen molar-refractivity contribution >= 4 is 11.8 Å². The Hall–Kier alpha value is 0.270. The Morgan fingerprint density at radius 2 is 1.72 bits per heavy atom. The highest BCUT2D eigenvalue weighted by Crippen LogP contribution is 2.27. The van der Waals surface area contributed by atoms with E-state index in [1.54, 1.807) is 0 Å². The van der Waals surface area contributed by atoms with Gasteiger partial charge < -0.3 is 10.2 Å². The van der Waals surface area contributed by atoms with E-state index in [1.807, 2.05) is 11.8 Å². The molecular weight excluding hydrogens is 240 g/mol. The second-order valence-corrected chi connectivity index (χ2v) is 6.87. The molecule has 0 saturated carbocycles. The first-order valence-corrected chi connectivity index (χ1v) is 8.72. The lowest BCUT2D eigenvalue weighted by Crippen LogP contribution is -2.46. The Labute approximate surface area is 119 Å². The van der Waals surface area contributed by atoms with Gasteiger partial charge in [0, 0.05) is 30.9 Å². The van der Waals surface area contributed by atoms with Crippen molar-refractivity contribution in [3.63, 3.8) is 0 Å². The molecule has 1 N–H and O–H groups in total. The second-order valence-electron chi connectivity index (χ2n) is 5.96. The Morgan fingerprint density at radius 1 is 1.17 bits per heavy atom. The van der Waals surface area contributed by atoms with E-state index in [4.69, 9.17) is 0 Å². The van der Waals surface area contributed by atoms with Crippen LogP contribution in [-0.2, 0) is 0 Å². The minimum absolute atomic E-state index is 0.422. The van der Waals surface area contributed by atoms with Gasteiger partial charge in [-0.15, -0.1) is 0 Å². The summed E-state index contributed by atoms with van der Waals surface area (Å²) in [7, 11) is 2.27. The van der Waals surface area contributed by atoms with Gasteiger partial charge in [0.05, 0.1) is 0 Å². The molecule has 0 heterocycles. The predicted molar refractivity (Wildman–Crippen MR) is 86.6 cm³/mol. The summed E-state index contributed by atoms with van der Waals surface area (Å²) >= 11 is 1.94. The molecular formula is C15H34N2S. The largest absolute Gasteiger partial charge is 0.314 e. The standard InChI is InChI=1S/C15H34N2S/c1-8-15(9-2,11-16-13(3)4)12-17(6)14(5)10-18-7/h13-14,16H,8-12H2,1-7H3. The quantitative estimate of drug-likeness (QED) is 0.656. The zero-order chi connectivity index (χ0) is 14.2. The zero-order valence-corrected chi connectivity index (χ0v) is 14.4. The Kier molecular flexibility index (Phi) is 9.36. The number of thioether (sulfide) groups is 1. The van der Waals surface area contributed by atoms with Gasteiger partial charge in [0.15, 0.2) is 0 Å². The molecule has 0 aromatic carbocycles. The predicted octanol–water partition coefficient (Wildman–Crippen LogP) is 3.47. The van der Waals surface area contributed by atoms with E-state index in [9.17, 15) is 0 Å². The monoisotopic (exact) mass is 274 g/mol. The van der Waals surface area contributed by atoms with Gasteiger partial charge in [-0.1, -0.05) is 27.7 Å². The number of rotatable bonds is 10. The van der Waals surface area contributed by atoms with Gasteiger partial charge in [0.2, 0.25) is 0 Å². The minimum Gasteiger partial charge on any atom is -0.314 e. The second kappa shape index (κ2) is 9.22. The Bertz CT molecular complexity index is 203. The van der Waals surface area contributed by atoms with Gasteiger partial charge in [-0.2, -0.15) is 11.8 Å². The maximum atomic E-state index is 3.63. The fourth-order valence-corrected chi connectivity index (χ4v) is 2.99. The summed E-state index contributed by atoms with van der Waals surface area (Å²) < 4.78 is 0. The van der Waals surface area contributed by atoms with Gasteiger partial charge in [-0.05, 0) is 38.5 Å². The average Bonchev–Trinajstić information content (AvgIpc) is 2.34. The molecule has 18 heavy (non-hydrogen) atoms. The molecule has 0 fully saturated rings. The Morgan fingerprint density at radius 3 is 2.11 bits per heavy atom. The van der Waals surface area contributed by atoms with Crippen molar-refractivity contribution in [2.75, 3.05) is 32.1 Å². The van der Waals surface area contributed by atoms with E-state index >= 15 is 0 Å². The van der Waals surface area contributed by atoms with Crippen LogP contribution in [0.4, 0.5) is 0 Å². The Balaban J connectivity index is 4.48. The van der Waals surface area contributed by atoms with Crippen molar-refractivity contribution in [1.82, 2.24) is 10.2 Å². The topological polar surface area (TPSA) is 15.3 Å². The lowest BCUT2D eigenvalue weighted by Gasteiger charge is -2.38. The number of nitrogens with one attached hydrogen (secondary N) is 1. The number of hydrogen-bond donors (Lipinski definition) is 1. The van der Waals surface area contributed by atoms with Crippen LogP contribution in [0.1, 0.15) is 47.5 Å². The fraction of sp³-hybridized carbons (Fsp3) is 1.00. The summed E-state index contributed by atoms with van der Waals surface area (Å²) in [4.78, 5) is 2.53. The maximum Gasteiger partial charge on any atom is 0.0155 e. The maximum absolute atomic E-state index is 3.63. The molecule has 0 bridgehead atoms. The molecule has 0 aromatic heterocycles. The molecule has 0 amide bonds. The first kappa shape index (κ1) is 18.3. The van der Waals surface area contributed by atoms with Crippen LogP contribution in [0.15, 0.2) is 0 Å². The van der Waals surface area contributed by atoms with Crippen LogP contribution in [0, 0.1) is 5.41 Å². The third kappa shape index (κ3) is 6.44. The van der Waals surface area contributed by atoms with Crippen molar-refractivity contribution in [2.24, 2.45) is 5.41 Å². The minimum atomic E-state index is 0.422. The smallest absolute Gasteiger partial charge is 0.0155 e. The van der Waals surface area contributed by atoms with E-state index in [-0.39, 0.29) is 0 Å². The molecule has 1 unspecified atom stereocenters. The zero-order valence-electron chi connectivity index (χ0n) is 13.5. The molecule has 110 valence electrons. The number of hydrogen-bond acceptors (Lipinski definition) is 3. The fourth-order valence-electron chi connectivity index (χ4n) is 2.25. The van der Waals surface area contributed by atoms with Crippen LogP contribution in [0.25, 0.3) is 0 Å². The van der Waals surface area contributed by atoms with Gasteiger partial charge in [0.1, 0.15) is 0 Å². The normalized spacial score (nSPS) is 14.5. The van der Waals surface area contributed by atoms with Crippen LogP contribution in [-0.4, -0.2) is 49.1 Å². The van der Waals surface area contributed by atoms with Crippen LogP contribution >= 0.6 is 11.8 Å². The lowest BCUT2D eigenvalue weighted by molar-refractivity contribution is 0.132. The molecule has 0 aromatic rings. The van der Waals surface area contributed by atoms with Crippen LogP contribution in [0.5, 0.6) is 0 Å². The van der Waals surface area contributed by atoms with E-state index in [1.165, 1.54) is 25.1 Å². The third-order valence-electron chi connectivity index (χ3n) is 4.13. The van der Waals surface area contributed by atoms with E-state index in [2.05, 4.69) is 58.1 Å². The molecule has 2 nitrogen and oxygen atoms in total. The molecule has 0 radical (unpaired) electrons. The molecule has 0 rings (SSSR count). The molecule has 3 heteroatoms. The van der Waals surface area contributed by atoms with Gasteiger partial charge in [-0.3, -0.25) is 0 Å². The lowest BCUT2D eigenvalue weighted by atomic mass is 9.81. The molecule has 0 aliphatic rings. The summed E-state index contributed by atoms with van der Waals surface area (Å²) in [6, 6.07) is 1.24. The molecule has 0 spiro atoms. The highest BCUT2D eigenvalue weighted by atomic mass is 32.2. The van der Waals surface area contributed by atoms with Crippen molar-refractivity contribution in [3.05, 3.63) is 0 Å². The van der Waals surface area contributed by atoms with Gasteiger partial charge in [-0.25, -0.2) is 0 Å². The summed E-state index contributed by atoms with van der Waals surface area (Å²) in [6.07, 6.45) is 4.69. The molecule has 0 aliphatic carbocycles. The first-order valence-electron chi connectivity index (χ1n) is 7.33. The molecule has 0 aliphatic heterocycles. The van der Waals surface area contributed by atoms with Crippen molar-refractivity contribution < 1.29 is 0 Å². The summed E-state index contributed by atoms with van der Waals surface area (Å²) in [5.41, 5.74) is 0.422. The highest BCUT2D eigenvalue weighted by Gasteiger charge is 2.28. The highest BCUT2D eigenvalue weighted by molar-refractivity contribution is 7.98. The molecule has 1 atom stereocenters. The van der Waals surface area contributed by atoms with Crippen molar-refractivity contribution in [2.45, 2.75) is 59.5 Å². The van der Waals surface area contributed by atoms with Crippen molar-refractivity contribution in [3.8, 4) is 0 Å². The third-order valence-corrected chi connectivity index (χ3v) is 4.95. The summed E-state index contributed by atoms with van der Waals surface area (Å²) in [5, 5.41) is 3.63. The van der Waals surface area contributed by atoms with E-state index in [0.717, 1.165) is 6.54 Å².